The van der Waals surface area contributed by atoms with Gasteiger partial charge in [-0.05, 0) is 19.0 Å². The van der Waals surface area contributed by atoms with E-state index in [-0.39, 0.29) is 18.9 Å². The summed E-state index contributed by atoms with van der Waals surface area (Å²) in [6.07, 6.45) is -4.19. The van der Waals surface area contributed by atoms with Crippen LogP contribution in [0, 0.1) is 0 Å². The Hall–Kier alpha value is -1.36. The molecule has 0 saturated carbocycles. The lowest BCUT2D eigenvalue weighted by Gasteiger charge is -2.16. The van der Waals surface area contributed by atoms with E-state index in [0.717, 1.165) is 12.0 Å². The molecule has 106 valence electrons. The Labute approximate surface area is 111 Å². The second-order valence-corrected chi connectivity index (χ2v) is 4.58. The van der Waals surface area contributed by atoms with Crippen molar-refractivity contribution in [3.63, 3.8) is 0 Å². The average molecular weight is 273 g/mol. The lowest BCUT2D eigenvalue weighted by molar-refractivity contribution is -0.137. The Morgan fingerprint density at radius 2 is 1.79 bits per heavy atom. The molecule has 0 atom stereocenters. The fourth-order valence-corrected chi connectivity index (χ4v) is 1.66. The zero-order valence-electron chi connectivity index (χ0n) is 11.1. The summed E-state index contributed by atoms with van der Waals surface area (Å²) >= 11 is 0. The third kappa shape index (κ3) is 5.87. The van der Waals surface area contributed by atoms with Gasteiger partial charge in [-0.15, -0.1) is 0 Å². The van der Waals surface area contributed by atoms with Crippen molar-refractivity contribution in [2.45, 2.75) is 25.9 Å². The third-order valence-corrected chi connectivity index (χ3v) is 2.87. The van der Waals surface area contributed by atoms with Crippen molar-refractivity contribution in [2.75, 3.05) is 20.1 Å². The molecule has 0 aromatic heterocycles. The van der Waals surface area contributed by atoms with Crippen molar-refractivity contribution in [1.82, 2.24) is 4.90 Å². The summed E-state index contributed by atoms with van der Waals surface area (Å²) in [4.78, 5) is 13.2. The summed E-state index contributed by atoms with van der Waals surface area (Å²) in [7, 11) is 1.52. The van der Waals surface area contributed by atoms with Crippen molar-refractivity contribution in [3.8, 4) is 0 Å². The van der Waals surface area contributed by atoms with Gasteiger partial charge in [-0.2, -0.15) is 13.2 Å². The minimum Gasteiger partial charge on any atom is -0.299 e. The highest BCUT2D eigenvalue weighted by Crippen LogP contribution is 2.19. The number of hydrogen-bond acceptors (Lipinski definition) is 2. The van der Waals surface area contributed by atoms with E-state index in [1.165, 1.54) is 11.9 Å². The van der Waals surface area contributed by atoms with E-state index in [9.17, 15) is 18.0 Å². The molecule has 0 aliphatic heterocycles. The minimum absolute atomic E-state index is 0.00154. The number of carbonyl (C=O) groups is 1. The van der Waals surface area contributed by atoms with Crippen LogP contribution in [0.4, 0.5) is 13.2 Å². The van der Waals surface area contributed by atoms with Gasteiger partial charge in [0.15, 0.2) is 5.78 Å². The van der Waals surface area contributed by atoms with Crippen LogP contribution in [-0.4, -0.2) is 37.0 Å². The number of carbonyl (C=O) groups excluding carboxylic acids is 1. The van der Waals surface area contributed by atoms with Crippen LogP contribution in [-0.2, 0) is 6.42 Å². The van der Waals surface area contributed by atoms with E-state index in [0.29, 0.717) is 5.56 Å². The highest BCUT2D eigenvalue weighted by atomic mass is 19.4. The maximum absolute atomic E-state index is 12.0. The topological polar surface area (TPSA) is 20.3 Å². The molecule has 0 unspecified atom stereocenters. The smallest absolute Gasteiger partial charge is 0.299 e. The predicted octanol–water partition coefficient (Wildman–Crippen LogP) is 3.32. The van der Waals surface area contributed by atoms with Crippen LogP contribution in [0.5, 0.6) is 0 Å². The second-order valence-electron chi connectivity index (χ2n) is 4.58. The van der Waals surface area contributed by atoms with Crippen LogP contribution in [0.25, 0.3) is 0 Å². The molecule has 0 N–H and O–H groups in total. The number of benzene rings is 1. The van der Waals surface area contributed by atoms with E-state index < -0.39 is 12.6 Å². The quantitative estimate of drug-likeness (QED) is 0.741. The Balaban J connectivity index is 2.49. The summed E-state index contributed by atoms with van der Waals surface area (Å²) in [5.41, 5.74) is 1.66. The maximum Gasteiger partial charge on any atom is 0.390 e. The molecule has 1 rings (SSSR count). The van der Waals surface area contributed by atoms with Crippen LogP contribution in [0.2, 0.25) is 0 Å². The number of Topliss-reactive ketones (excluding diaryl/α,β-unsaturated/α-hetero) is 1. The Kier molecular flexibility index (Phi) is 5.54. The number of alkyl halides is 3. The molecule has 1 aromatic rings. The Morgan fingerprint density at radius 1 is 1.21 bits per heavy atom. The average Bonchev–Trinajstić information content (AvgIpc) is 2.35. The molecule has 5 heteroatoms. The fraction of sp³-hybridized carbons (Fsp3) is 0.500. The Bertz CT molecular complexity index is 412. The first-order valence-electron chi connectivity index (χ1n) is 6.19. The zero-order chi connectivity index (χ0) is 14.5. The van der Waals surface area contributed by atoms with Crippen molar-refractivity contribution in [1.29, 1.82) is 0 Å². The van der Waals surface area contributed by atoms with Crippen LogP contribution >= 0.6 is 0 Å². The second kappa shape index (κ2) is 6.70. The number of nitrogens with zero attached hydrogens (tertiary/aromatic N) is 1. The van der Waals surface area contributed by atoms with Gasteiger partial charge in [-0.25, -0.2) is 0 Å². The monoisotopic (exact) mass is 273 g/mol. The molecule has 0 saturated heterocycles. The van der Waals surface area contributed by atoms with E-state index in [1.807, 2.05) is 19.1 Å². The van der Waals surface area contributed by atoms with Crippen LogP contribution in [0.15, 0.2) is 24.3 Å². The zero-order valence-corrected chi connectivity index (χ0v) is 11.1. The predicted molar refractivity (Wildman–Crippen MR) is 68.3 cm³/mol. The molecule has 0 heterocycles. The van der Waals surface area contributed by atoms with E-state index in [2.05, 4.69) is 0 Å². The molecule has 0 amide bonds. The van der Waals surface area contributed by atoms with Gasteiger partial charge in [0.1, 0.15) is 0 Å². The van der Waals surface area contributed by atoms with E-state index in [4.69, 9.17) is 0 Å². The van der Waals surface area contributed by atoms with Crippen LogP contribution < -0.4 is 0 Å². The number of ketones is 1. The SMILES string of the molecule is CCc1ccc(C(=O)CN(C)CCC(F)(F)F)cc1. The number of rotatable bonds is 6. The van der Waals surface area contributed by atoms with Gasteiger partial charge in [0, 0.05) is 12.1 Å². The van der Waals surface area contributed by atoms with E-state index in [1.54, 1.807) is 12.1 Å². The van der Waals surface area contributed by atoms with Gasteiger partial charge < -0.3 is 0 Å². The third-order valence-electron chi connectivity index (χ3n) is 2.87. The van der Waals surface area contributed by atoms with Crippen molar-refractivity contribution < 1.29 is 18.0 Å². The van der Waals surface area contributed by atoms with E-state index >= 15 is 0 Å². The van der Waals surface area contributed by atoms with Gasteiger partial charge in [0.25, 0.3) is 0 Å². The maximum atomic E-state index is 12.0. The summed E-state index contributed by atoms with van der Waals surface area (Å²) in [6, 6.07) is 7.17. The first kappa shape index (κ1) is 15.7. The lowest BCUT2D eigenvalue weighted by atomic mass is 10.1. The molecule has 0 radical (unpaired) electrons. The highest BCUT2D eigenvalue weighted by Gasteiger charge is 2.27. The van der Waals surface area contributed by atoms with Gasteiger partial charge in [-0.3, -0.25) is 9.69 Å². The van der Waals surface area contributed by atoms with Gasteiger partial charge in [0.2, 0.25) is 0 Å². The summed E-state index contributed by atoms with van der Waals surface area (Å²) in [5, 5.41) is 0. The van der Waals surface area contributed by atoms with Crippen LogP contribution in [0.1, 0.15) is 29.3 Å². The summed E-state index contributed by atoms with van der Waals surface area (Å²) in [5.74, 6) is -0.160. The molecule has 1 aromatic carbocycles. The first-order valence-corrected chi connectivity index (χ1v) is 6.19. The molecule has 0 spiro atoms. The molecule has 2 nitrogen and oxygen atoms in total. The van der Waals surface area contributed by atoms with Crippen LogP contribution in [0.3, 0.4) is 0 Å². The summed E-state index contributed by atoms with van der Waals surface area (Å²) < 4.78 is 36.1. The normalized spacial score (nSPS) is 11.9. The van der Waals surface area contributed by atoms with Gasteiger partial charge in [0.05, 0.1) is 13.0 Å². The number of likely N-dealkylation sites (N-methyl/N-ethyl adjacent to an activating group) is 1. The molecule has 0 bridgehead atoms. The molecule has 0 aliphatic carbocycles. The molecular formula is C14H18F3NO. The highest BCUT2D eigenvalue weighted by molar-refractivity contribution is 5.97. The molecule has 19 heavy (non-hydrogen) atoms. The molecule has 0 aliphatic rings. The van der Waals surface area contributed by atoms with Gasteiger partial charge in [-0.1, -0.05) is 31.2 Å². The largest absolute Gasteiger partial charge is 0.390 e. The summed E-state index contributed by atoms with van der Waals surface area (Å²) in [6.45, 7) is 1.85. The molecule has 0 fully saturated rings. The van der Waals surface area contributed by atoms with Crippen molar-refractivity contribution >= 4 is 5.78 Å². The number of hydrogen-bond donors (Lipinski definition) is 0. The minimum atomic E-state index is -4.18. The number of halogens is 3. The standard InChI is InChI=1S/C14H18F3NO/c1-3-11-4-6-12(7-5-11)13(19)10-18(2)9-8-14(15,16)17/h4-7H,3,8-10H2,1-2H3. The Morgan fingerprint density at radius 3 is 2.26 bits per heavy atom. The first-order chi connectivity index (χ1) is 8.81. The van der Waals surface area contributed by atoms with Gasteiger partial charge >= 0.3 is 6.18 Å². The fourth-order valence-electron chi connectivity index (χ4n) is 1.66. The molecular weight excluding hydrogens is 255 g/mol. The number of aryl methyl sites for hydroxylation is 1. The van der Waals surface area contributed by atoms with Crippen molar-refractivity contribution in [3.05, 3.63) is 35.4 Å². The lowest BCUT2D eigenvalue weighted by Crippen LogP contribution is -2.29. The van der Waals surface area contributed by atoms with Crippen molar-refractivity contribution in [2.24, 2.45) is 0 Å².